The Morgan fingerprint density at radius 3 is 2.58 bits per heavy atom. The third kappa shape index (κ3) is 3.62. The lowest BCUT2D eigenvalue weighted by molar-refractivity contribution is -0.113. The first-order valence-corrected chi connectivity index (χ1v) is 9.39. The highest BCUT2D eigenvalue weighted by Gasteiger charge is 2.31. The minimum atomic E-state index is -0.450. The number of rotatable bonds is 6. The minimum Gasteiger partial charge on any atom is -0.323 e. The number of carbonyl (C=O) groups is 1. The van der Waals surface area contributed by atoms with Crippen LogP contribution in [0.1, 0.15) is 24.6 Å². The van der Waals surface area contributed by atoms with E-state index in [0.29, 0.717) is 11.1 Å². The Bertz CT molecular complexity index is 924. The first kappa shape index (κ1) is 16.8. The predicted octanol–water partition coefficient (Wildman–Crippen LogP) is 4.01. The third-order valence-corrected chi connectivity index (χ3v) is 5.02. The Labute approximate surface area is 154 Å². The molecular weight excluding hydrogens is 351 g/mol. The first-order chi connectivity index (χ1) is 12.7. The fraction of sp³-hybridized carbons (Fsp3) is 0.211. The van der Waals surface area contributed by atoms with Crippen molar-refractivity contribution in [3.05, 3.63) is 66.2 Å². The van der Waals surface area contributed by atoms with Crippen molar-refractivity contribution in [1.82, 2.24) is 14.8 Å². The maximum absolute atomic E-state index is 13.6. The quantitative estimate of drug-likeness (QED) is 0.668. The smallest absolute Gasteiger partial charge is 0.234 e. The summed E-state index contributed by atoms with van der Waals surface area (Å²) in [5, 5.41) is 11.9. The molecule has 1 aromatic heterocycles. The number of para-hydroxylation sites is 2. The highest BCUT2D eigenvalue weighted by Crippen LogP contribution is 2.41. The van der Waals surface area contributed by atoms with E-state index < -0.39 is 5.82 Å². The number of hydrogen-bond acceptors (Lipinski definition) is 4. The molecule has 0 atom stereocenters. The van der Waals surface area contributed by atoms with Crippen LogP contribution in [0.5, 0.6) is 0 Å². The first-order valence-electron chi connectivity index (χ1n) is 8.40. The van der Waals surface area contributed by atoms with Gasteiger partial charge < -0.3 is 5.32 Å². The molecule has 1 fully saturated rings. The molecule has 0 spiro atoms. The second-order valence-electron chi connectivity index (χ2n) is 6.10. The van der Waals surface area contributed by atoms with Gasteiger partial charge in [0.1, 0.15) is 11.6 Å². The lowest BCUT2D eigenvalue weighted by Crippen LogP contribution is -2.15. The van der Waals surface area contributed by atoms with Crippen LogP contribution < -0.4 is 5.32 Å². The summed E-state index contributed by atoms with van der Waals surface area (Å²) in [6.45, 7) is 0. The molecule has 132 valence electrons. The maximum atomic E-state index is 13.6. The van der Waals surface area contributed by atoms with Gasteiger partial charge in [0.05, 0.1) is 11.4 Å². The molecule has 0 bridgehead atoms. The number of aromatic nitrogens is 3. The van der Waals surface area contributed by atoms with E-state index in [9.17, 15) is 9.18 Å². The number of halogens is 1. The number of hydrogen-bond donors (Lipinski definition) is 1. The van der Waals surface area contributed by atoms with Crippen molar-refractivity contribution in [2.75, 3.05) is 11.1 Å². The molecule has 3 aromatic rings. The molecule has 1 amide bonds. The van der Waals surface area contributed by atoms with E-state index in [2.05, 4.69) is 15.5 Å². The van der Waals surface area contributed by atoms with E-state index in [1.54, 1.807) is 12.1 Å². The number of benzene rings is 2. The van der Waals surface area contributed by atoms with Crippen LogP contribution in [-0.4, -0.2) is 26.4 Å². The molecule has 0 unspecified atom stereocenters. The molecule has 5 nitrogen and oxygen atoms in total. The molecule has 0 aliphatic heterocycles. The summed E-state index contributed by atoms with van der Waals surface area (Å²) >= 11 is 1.30. The van der Waals surface area contributed by atoms with Gasteiger partial charge >= 0.3 is 0 Å². The largest absolute Gasteiger partial charge is 0.323 e. The fourth-order valence-corrected chi connectivity index (χ4v) is 3.44. The van der Waals surface area contributed by atoms with E-state index in [1.807, 2.05) is 34.9 Å². The fourth-order valence-electron chi connectivity index (χ4n) is 2.68. The highest BCUT2D eigenvalue weighted by atomic mass is 32.2. The van der Waals surface area contributed by atoms with Gasteiger partial charge in [0.2, 0.25) is 5.91 Å². The maximum Gasteiger partial charge on any atom is 0.234 e. The minimum absolute atomic E-state index is 0.129. The molecule has 4 rings (SSSR count). The van der Waals surface area contributed by atoms with Crippen LogP contribution >= 0.6 is 11.8 Å². The van der Waals surface area contributed by atoms with Crippen LogP contribution in [0.15, 0.2) is 59.8 Å². The number of nitrogens with one attached hydrogen (secondary N) is 1. The van der Waals surface area contributed by atoms with E-state index >= 15 is 0 Å². The Kier molecular flexibility index (Phi) is 4.71. The Morgan fingerprint density at radius 1 is 1.12 bits per heavy atom. The SMILES string of the molecule is O=C(CSc1nnc(C2CC2)n1-c1ccccc1)Nc1ccccc1F. The topological polar surface area (TPSA) is 59.8 Å². The van der Waals surface area contributed by atoms with Gasteiger partial charge in [-0.2, -0.15) is 0 Å². The van der Waals surface area contributed by atoms with Crippen molar-refractivity contribution in [3.63, 3.8) is 0 Å². The van der Waals surface area contributed by atoms with E-state index in [1.165, 1.54) is 23.9 Å². The van der Waals surface area contributed by atoms with Gasteiger partial charge in [-0.15, -0.1) is 10.2 Å². The molecule has 1 heterocycles. The number of carbonyl (C=O) groups excluding carboxylic acids is 1. The molecular formula is C19H17FN4OS. The van der Waals surface area contributed by atoms with Gasteiger partial charge in [0.25, 0.3) is 0 Å². The average Bonchev–Trinajstić information content (AvgIpc) is 3.42. The van der Waals surface area contributed by atoms with Gasteiger partial charge in [0.15, 0.2) is 5.16 Å². The van der Waals surface area contributed by atoms with Crippen LogP contribution in [0.2, 0.25) is 0 Å². The van der Waals surface area contributed by atoms with Gasteiger partial charge in [-0.3, -0.25) is 9.36 Å². The summed E-state index contributed by atoms with van der Waals surface area (Å²) in [4.78, 5) is 12.2. The number of thioether (sulfide) groups is 1. The predicted molar refractivity (Wildman–Crippen MR) is 99.1 cm³/mol. The van der Waals surface area contributed by atoms with Crippen molar-refractivity contribution < 1.29 is 9.18 Å². The monoisotopic (exact) mass is 368 g/mol. The number of anilines is 1. The Morgan fingerprint density at radius 2 is 1.85 bits per heavy atom. The summed E-state index contributed by atoms with van der Waals surface area (Å²) in [7, 11) is 0. The standard InChI is InChI=1S/C19H17FN4OS/c20-15-8-4-5-9-16(15)21-17(25)12-26-19-23-22-18(13-10-11-13)24(19)14-6-2-1-3-7-14/h1-9,13H,10-12H2,(H,21,25). The summed E-state index contributed by atoms with van der Waals surface area (Å²) in [6.07, 6.45) is 2.23. The number of amides is 1. The third-order valence-electron chi connectivity index (χ3n) is 4.10. The van der Waals surface area contributed by atoms with Crippen molar-refractivity contribution in [2.24, 2.45) is 0 Å². The zero-order valence-corrected chi connectivity index (χ0v) is 14.7. The van der Waals surface area contributed by atoms with Gasteiger partial charge in [0, 0.05) is 11.6 Å². The normalized spacial score (nSPS) is 13.6. The lowest BCUT2D eigenvalue weighted by Gasteiger charge is -2.10. The summed E-state index contributed by atoms with van der Waals surface area (Å²) in [5.41, 5.74) is 1.16. The average molecular weight is 368 g/mol. The number of nitrogens with zero attached hydrogens (tertiary/aromatic N) is 3. The Hall–Kier alpha value is -2.67. The highest BCUT2D eigenvalue weighted by molar-refractivity contribution is 7.99. The molecule has 1 saturated carbocycles. The molecule has 2 aromatic carbocycles. The zero-order valence-electron chi connectivity index (χ0n) is 13.9. The molecule has 7 heteroatoms. The molecule has 1 aliphatic rings. The van der Waals surface area contributed by atoms with Gasteiger partial charge in [-0.05, 0) is 37.1 Å². The zero-order chi connectivity index (χ0) is 17.9. The van der Waals surface area contributed by atoms with Crippen LogP contribution in [0.3, 0.4) is 0 Å². The van der Waals surface area contributed by atoms with Gasteiger partial charge in [-0.25, -0.2) is 4.39 Å². The van der Waals surface area contributed by atoms with Crippen molar-refractivity contribution >= 4 is 23.4 Å². The summed E-state index contributed by atoms with van der Waals surface area (Å²) < 4.78 is 15.7. The second kappa shape index (κ2) is 7.29. The molecule has 0 radical (unpaired) electrons. The molecule has 1 aliphatic carbocycles. The van der Waals surface area contributed by atoms with Crippen molar-refractivity contribution in [1.29, 1.82) is 0 Å². The Balaban J connectivity index is 1.50. The molecule has 1 N–H and O–H groups in total. The second-order valence-corrected chi connectivity index (χ2v) is 7.05. The van der Waals surface area contributed by atoms with Crippen molar-refractivity contribution in [3.8, 4) is 5.69 Å². The molecule has 0 saturated heterocycles. The van der Waals surface area contributed by atoms with E-state index in [-0.39, 0.29) is 17.3 Å². The van der Waals surface area contributed by atoms with E-state index in [4.69, 9.17) is 0 Å². The summed E-state index contributed by atoms with van der Waals surface area (Å²) in [5.74, 6) is 0.770. The van der Waals surface area contributed by atoms with Gasteiger partial charge in [-0.1, -0.05) is 42.1 Å². The van der Waals surface area contributed by atoms with Crippen LogP contribution in [-0.2, 0) is 4.79 Å². The van der Waals surface area contributed by atoms with Crippen LogP contribution in [0, 0.1) is 5.82 Å². The van der Waals surface area contributed by atoms with Crippen LogP contribution in [0.4, 0.5) is 10.1 Å². The van der Waals surface area contributed by atoms with E-state index in [0.717, 1.165) is 24.4 Å². The summed E-state index contributed by atoms with van der Waals surface area (Å²) in [6, 6.07) is 16.0. The lowest BCUT2D eigenvalue weighted by atomic mass is 10.3. The molecule has 26 heavy (non-hydrogen) atoms. The van der Waals surface area contributed by atoms with Crippen LogP contribution in [0.25, 0.3) is 5.69 Å². The van der Waals surface area contributed by atoms with Crippen molar-refractivity contribution in [2.45, 2.75) is 23.9 Å².